The van der Waals surface area contributed by atoms with E-state index >= 15 is 0 Å². The number of hydrogen-bond donors (Lipinski definition) is 1. The zero-order valence-electron chi connectivity index (χ0n) is 7.69. The fourth-order valence-electron chi connectivity index (χ4n) is 0.339. The molecule has 0 fully saturated rings. The van der Waals surface area contributed by atoms with Crippen LogP contribution in [0.2, 0.25) is 0 Å². The van der Waals surface area contributed by atoms with Crippen LogP contribution in [0.4, 0.5) is 4.39 Å². The van der Waals surface area contributed by atoms with E-state index in [9.17, 15) is 4.39 Å². The smallest absolute Gasteiger partial charge is 0.156 e. The Morgan fingerprint density at radius 1 is 1.55 bits per heavy atom. The average Bonchev–Trinajstić information content (AvgIpc) is 2.07. The molecular formula is C8H17FN2. The van der Waals surface area contributed by atoms with E-state index in [1.807, 2.05) is 20.8 Å². The molecule has 66 valence electrons. The van der Waals surface area contributed by atoms with Crippen molar-refractivity contribution < 1.29 is 4.39 Å². The maximum Gasteiger partial charge on any atom is 0.156 e. The van der Waals surface area contributed by atoms with Gasteiger partial charge in [0.25, 0.3) is 0 Å². The molecule has 0 spiro atoms. The van der Waals surface area contributed by atoms with Crippen molar-refractivity contribution in [2.75, 3.05) is 13.6 Å². The predicted octanol–water partition coefficient (Wildman–Crippen LogP) is 2.42. The van der Waals surface area contributed by atoms with Gasteiger partial charge in [-0.3, -0.25) is 0 Å². The molecule has 0 aliphatic heterocycles. The van der Waals surface area contributed by atoms with Crippen molar-refractivity contribution in [3.05, 3.63) is 12.0 Å². The van der Waals surface area contributed by atoms with Gasteiger partial charge in [0, 0.05) is 19.8 Å². The summed E-state index contributed by atoms with van der Waals surface area (Å²) in [6.45, 7) is 6.66. The molecule has 0 atom stereocenters. The largest absolute Gasteiger partial charge is 0.378 e. The van der Waals surface area contributed by atoms with Gasteiger partial charge in [-0.05, 0) is 6.92 Å². The second-order valence-corrected chi connectivity index (χ2v) is 1.73. The molecule has 11 heavy (non-hydrogen) atoms. The van der Waals surface area contributed by atoms with E-state index in [0.717, 1.165) is 6.54 Å². The van der Waals surface area contributed by atoms with Gasteiger partial charge < -0.3 is 10.3 Å². The molecule has 0 saturated carbocycles. The number of allylic oxidation sites excluding steroid dienone is 1. The number of nitrogens with zero attached hydrogens (tertiary/aromatic N) is 1. The van der Waals surface area contributed by atoms with Crippen LogP contribution in [0.3, 0.4) is 0 Å². The second-order valence-electron chi connectivity index (χ2n) is 1.73. The maximum atomic E-state index is 12.1. The molecule has 0 aromatic carbocycles. The summed E-state index contributed by atoms with van der Waals surface area (Å²) in [5.74, 6) is -0.514. The minimum atomic E-state index is -0.514. The van der Waals surface area contributed by atoms with Gasteiger partial charge >= 0.3 is 0 Å². The first-order chi connectivity index (χ1) is 5.20. The van der Waals surface area contributed by atoms with E-state index in [-0.39, 0.29) is 0 Å². The lowest BCUT2D eigenvalue weighted by molar-refractivity contribution is 0.467. The molecule has 0 aromatic rings. The SMILES string of the molecule is CC.CCN(C)/C=C(/F)C=N. The molecule has 0 unspecified atom stereocenters. The van der Waals surface area contributed by atoms with Crippen molar-refractivity contribution in [3.63, 3.8) is 0 Å². The molecule has 0 rings (SSSR count). The summed E-state index contributed by atoms with van der Waals surface area (Å²) in [6, 6.07) is 0. The van der Waals surface area contributed by atoms with Gasteiger partial charge in [0.05, 0.1) is 6.21 Å². The molecule has 0 aliphatic carbocycles. The Morgan fingerprint density at radius 3 is 2.27 bits per heavy atom. The number of nitrogens with one attached hydrogen (secondary N) is 1. The molecule has 0 radical (unpaired) electrons. The van der Waals surface area contributed by atoms with Crippen molar-refractivity contribution in [1.82, 2.24) is 4.90 Å². The van der Waals surface area contributed by atoms with Gasteiger partial charge in [0.2, 0.25) is 0 Å². The zero-order chi connectivity index (χ0) is 9.28. The molecule has 0 heterocycles. The van der Waals surface area contributed by atoms with Crippen molar-refractivity contribution in [2.24, 2.45) is 0 Å². The summed E-state index contributed by atoms with van der Waals surface area (Å²) in [4.78, 5) is 1.67. The van der Waals surface area contributed by atoms with Gasteiger partial charge in [-0.25, -0.2) is 4.39 Å². The van der Waals surface area contributed by atoms with Crippen molar-refractivity contribution in [3.8, 4) is 0 Å². The summed E-state index contributed by atoms with van der Waals surface area (Å²) in [7, 11) is 1.75. The monoisotopic (exact) mass is 160 g/mol. The van der Waals surface area contributed by atoms with E-state index < -0.39 is 5.83 Å². The summed E-state index contributed by atoms with van der Waals surface area (Å²) in [5, 5.41) is 6.48. The summed E-state index contributed by atoms with van der Waals surface area (Å²) >= 11 is 0. The molecule has 2 nitrogen and oxygen atoms in total. The van der Waals surface area contributed by atoms with Crippen molar-refractivity contribution in [1.29, 1.82) is 5.41 Å². The van der Waals surface area contributed by atoms with E-state index in [0.29, 0.717) is 6.21 Å². The van der Waals surface area contributed by atoms with Crippen LogP contribution < -0.4 is 0 Å². The first kappa shape index (κ1) is 12.8. The van der Waals surface area contributed by atoms with Gasteiger partial charge in [0.15, 0.2) is 5.83 Å². The maximum absolute atomic E-state index is 12.1. The summed E-state index contributed by atoms with van der Waals surface area (Å²) < 4.78 is 12.1. The third kappa shape index (κ3) is 9.14. The minimum absolute atomic E-state index is 0.514. The lowest BCUT2D eigenvalue weighted by atomic mass is 10.5. The molecule has 3 heteroatoms. The van der Waals surface area contributed by atoms with Crippen LogP contribution in [0, 0.1) is 5.41 Å². The average molecular weight is 160 g/mol. The summed E-state index contributed by atoms with van der Waals surface area (Å²) in [5.41, 5.74) is 0. The highest BCUT2D eigenvalue weighted by Gasteiger charge is 1.88. The molecule has 0 amide bonds. The van der Waals surface area contributed by atoms with Gasteiger partial charge in [-0.15, -0.1) is 0 Å². The van der Waals surface area contributed by atoms with Crippen LogP contribution in [-0.4, -0.2) is 24.7 Å². The van der Waals surface area contributed by atoms with Crippen molar-refractivity contribution >= 4 is 6.21 Å². The topological polar surface area (TPSA) is 27.1 Å². The molecular weight excluding hydrogens is 143 g/mol. The highest BCUT2D eigenvalue weighted by atomic mass is 19.1. The lowest BCUT2D eigenvalue weighted by Crippen LogP contribution is -2.09. The Kier molecular flexibility index (Phi) is 10.6. The Hall–Kier alpha value is -0.860. The Morgan fingerprint density at radius 2 is 2.00 bits per heavy atom. The van der Waals surface area contributed by atoms with Crippen LogP contribution in [-0.2, 0) is 0 Å². The quantitative estimate of drug-likeness (QED) is 0.631. The van der Waals surface area contributed by atoms with E-state index in [2.05, 4.69) is 0 Å². The predicted molar refractivity (Wildman–Crippen MR) is 47.6 cm³/mol. The Bertz CT molecular complexity index is 121. The van der Waals surface area contributed by atoms with Gasteiger partial charge in [0.1, 0.15) is 0 Å². The molecule has 0 aromatic heterocycles. The summed E-state index contributed by atoms with van der Waals surface area (Å²) in [6.07, 6.45) is 1.97. The third-order valence-corrected chi connectivity index (χ3v) is 0.980. The van der Waals surface area contributed by atoms with Crippen molar-refractivity contribution in [2.45, 2.75) is 20.8 Å². The number of halogens is 1. The highest BCUT2D eigenvalue weighted by molar-refractivity contribution is 5.72. The number of hydrogen-bond acceptors (Lipinski definition) is 2. The fourth-order valence-corrected chi connectivity index (χ4v) is 0.339. The van der Waals surface area contributed by atoms with E-state index in [1.165, 1.54) is 6.20 Å². The molecule has 0 saturated heterocycles. The van der Waals surface area contributed by atoms with Crippen LogP contribution >= 0.6 is 0 Å². The van der Waals surface area contributed by atoms with Crippen LogP contribution in [0.15, 0.2) is 12.0 Å². The molecule has 0 bridgehead atoms. The Balaban J connectivity index is 0. The highest BCUT2D eigenvalue weighted by Crippen LogP contribution is 1.92. The lowest BCUT2D eigenvalue weighted by Gasteiger charge is -2.08. The normalized spacial score (nSPS) is 9.73. The second kappa shape index (κ2) is 9.14. The minimum Gasteiger partial charge on any atom is -0.378 e. The third-order valence-electron chi connectivity index (χ3n) is 0.980. The standard InChI is InChI=1S/C6H11FN2.C2H6/c1-3-9(2)5-6(7)4-8;1-2/h4-5,8H,3H2,1-2H3;1-2H3/b6-5+,8-4?;. The van der Waals surface area contributed by atoms with Crippen LogP contribution in [0.5, 0.6) is 0 Å². The van der Waals surface area contributed by atoms with Gasteiger partial charge in [-0.1, -0.05) is 13.8 Å². The van der Waals surface area contributed by atoms with Crippen LogP contribution in [0.1, 0.15) is 20.8 Å². The van der Waals surface area contributed by atoms with E-state index in [1.54, 1.807) is 11.9 Å². The molecule has 1 N–H and O–H groups in total. The number of rotatable bonds is 3. The molecule has 0 aliphatic rings. The van der Waals surface area contributed by atoms with E-state index in [4.69, 9.17) is 5.41 Å². The first-order valence-electron chi connectivity index (χ1n) is 3.78. The van der Waals surface area contributed by atoms with Crippen LogP contribution in [0.25, 0.3) is 0 Å². The van der Waals surface area contributed by atoms with Gasteiger partial charge in [-0.2, -0.15) is 0 Å². The zero-order valence-corrected chi connectivity index (χ0v) is 7.69. The Labute approximate surface area is 68.2 Å². The fraction of sp³-hybridized carbons (Fsp3) is 0.625. The first-order valence-corrected chi connectivity index (χ1v) is 3.78.